The molecule has 3 rings (SSSR count). The van der Waals surface area contributed by atoms with Crippen molar-refractivity contribution in [3.05, 3.63) is 82.9 Å². The Morgan fingerprint density at radius 2 is 1.71 bits per heavy atom. The molecule has 38 heavy (non-hydrogen) atoms. The number of nitrogens with one attached hydrogen (secondary N) is 2. The summed E-state index contributed by atoms with van der Waals surface area (Å²) in [7, 11) is 0. The molecule has 1 aliphatic carbocycles. The zero-order valence-corrected chi connectivity index (χ0v) is 23.5. The van der Waals surface area contributed by atoms with Crippen LogP contribution in [0.25, 0.3) is 0 Å². The van der Waals surface area contributed by atoms with Gasteiger partial charge in [0.15, 0.2) is 0 Å². The Hall–Kier alpha value is -2.57. The van der Waals surface area contributed by atoms with Crippen LogP contribution in [0.2, 0.25) is 0 Å². The fourth-order valence-corrected chi connectivity index (χ4v) is 5.23. The van der Waals surface area contributed by atoms with Crippen molar-refractivity contribution in [3.8, 4) is 0 Å². The number of benzene rings is 2. The van der Waals surface area contributed by atoms with Crippen molar-refractivity contribution in [2.24, 2.45) is 5.92 Å². The maximum absolute atomic E-state index is 13.9. The molecule has 0 bridgehead atoms. The maximum atomic E-state index is 13.9. The van der Waals surface area contributed by atoms with E-state index in [-0.39, 0.29) is 35.7 Å². The van der Waals surface area contributed by atoms with Gasteiger partial charge in [-0.3, -0.25) is 4.79 Å². The molecule has 1 saturated carbocycles. The molecule has 0 saturated heterocycles. The predicted octanol–water partition coefficient (Wildman–Crippen LogP) is 6.31. The first-order valence-electron chi connectivity index (χ1n) is 13.9. The second-order valence-corrected chi connectivity index (χ2v) is 12.1. The van der Waals surface area contributed by atoms with Crippen molar-refractivity contribution >= 4 is 5.91 Å². The van der Waals surface area contributed by atoms with Gasteiger partial charge in [-0.05, 0) is 65.5 Å². The molecule has 1 fully saturated rings. The molecule has 208 valence electrons. The molecule has 2 aromatic carbocycles. The van der Waals surface area contributed by atoms with Gasteiger partial charge in [0.05, 0.1) is 12.1 Å². The molecular formula is C32H44F2N2O2. The number of amides is 1. The van der Waals surface area contributed by atoms with Crippen LogP contribution in [0.3, 0.4) is 0 Å². The molecule has 0 heterocycles. The first-order chi connectivity index (χ1) is 17.9. The largest absolute Gasteiger partial charge is 0.390 e. The fourth-order valence-electron chi connectivity index (χ4n) is 5.23. The van der Waals surface area contributed by atoms with Crippen molar-refractivity contribution in [3.63, 3.8) is 0 Å². The molecule has 2 unspecified atom stereocenters. The number of hydrogen-bond acceptors (Lipinski definition) is 3. The minimum atomic E-state index is -0.970. The van der Waals surface area contributed by atoms with Gasteiger partial charge in [-0.15, -0.1) is 0 Å². The zero-order chi connectivity index (χ0) is 27.9. The summed E-state index contributed by atoms with van der Waals surface area (Å²) < 4.78 is 27.8. The number of halogens is 2. The summed E-state index contributed by atoms with van der Waals surface area (Å²) in [5.74, 6) is -1.52. The van der Waals surface area contributed by atoms with Crippen molar-refractivity contribution in [1.82, 2.24) is 10.6 Å². The van der Waals surface area contributed by atoms with Crippen LogP contribution in [0.5, 0.6) is 0 Å². The monoisotopic (exact) mass is 526 g/mol. The van der Waals surface area contributed by atoms with Crippen molar-refractivity contribution in [1.29, 1.82) is 0 Å². The van der Waals surface area contributed by atoms with E-state index >= 15 is 0 Å². The van der Waals surface area contributed by atoms with Gasteiger partial charge in [0, 0.05) is 18.2 Å². The summed E-state index contributed by atoms with van der Waals surface area (Å²) in [5, 5.41) is 17.9. The highest BCUT2D eigenvalue weighted by atomic mass is 19.1. The predicted molar refractivity (Wildman–Crippen MR) is 150 cm³/mol. The maximum Gasteiger partial charge on any atom is 0.243 e. The number of carbonyl (C=O) groups is 1. The molecule has 3 N–H and O–H groups in total. The van der Waals surface area contributed by atoms with Gasteiger partial charge in [0.1, 0.15) is 11.6 Å². The third kappa shape index (κ3) is 8.47. The van der Waals surface area contributed by atoms with Gasteiger partial charge in [-0.25, -0.2) is 8.78 Å². The average molecular weight is 527 g/mol. The first kappa shape index (κ1) is 30.0. The Balaban J connectivity index is 1.83. The smallest absolute Gasteiger partial charge is 0.243 e. The zero-order valence-electron chi connectivity index (χ0n) is 23.5. The van der Waals surface area contributed by atoms with Gasteiger partial charge in [-0.1, -0.05) is 84.2 Å². The fraction of sp³-hybridized carbons (Fsp3) is 0.531. The summed E-state index contributed by atoms with van der Waals surface area (Å²) in [4.78, 5) is 12.6. The van der Waals surface area contributed by atoms with Crippen LogP contribution >= 0.6 is 0 Å². The van der Waals surface area contributed by atoms with Crippen LogP contribution in [-0.4, -0.2) is 29.7 Å². The summed E-state index contributed by atoms with van der Waals surface area (Å²) in [6.45, 7) is 10.8. The molecule has 1 aliphatic rings. The quantitative estimate of drug-likeness (QED) is 0.318. The summed E-state index contributed by atoms with van der Waals surface area (Å²) >= 11 is 0. The van der Waals surface area contributed by atoms with Gasteiger partial charge < -0.3 is 15.7 Å². The Labute approximate surface area is 226 Å². The lowest BCUT2D eigenvalue weighted by atomic mass is 9.74. The van der Waals surface area contributed by atoms with Gasteiger partial charge >= 0.3 is 0 Å². The normalized spacial score (nSPS) is 17.5. The molecule has 0 aromatic heterocycles. The van der Waals surface area contributed by atoms with E-state index in [0.29, 0.717) is 5.56 Å². The molecule has 2 atom stereocenters. The van der Waals surface area contributed by atoms with Crippen LogP contribution in [-0.2, 0) is 22.2 Å². The van der Waals surface area contributed by atoms with Crippen molar-refractivity contribution < 1.29 is 18.7 Å². The van der Waals surface area contributed by atoms with Crippen LogP contribution in [0.15, 0.2) is 54.6 Å². The molecule has 4 nitrogen and oxygen atoms in total. The molecule has 0 radical (unpaired) electrons. The van der Waals surface area contributed by atoms with E-state index in [0.717, 1.165) is 31.7 Å². The number of allylic oxidation sites excluding steroid dienone is 1. The SMILES string of the molecule is CC(C)/C=C/C(=O)NC(Cc1cc(F)cc(F)c1)C(O)CNC1(c2cccc(C(C)(C)C)c2)CCCCC1. The molecule has 0 spiro atoms. The van der Waals surface area contributed by atoms with E-state index in [1.165, 1.54) is 35.8 Å². The van der Waals surface area contributed by atoms with Gasteiger partial charge in [0.25, 0.3) is 0 Å². The lowest BCUT2D eigenvalue weighted by Gasteiger charge is -2.41. The van der Waals surface area contributed by atoms with Crippen LogP contribution in [0.1, 0.15) is 83.4 Å². The van der Waals surface area contributed by atoms with E-state index < -0.39 is 23.8 Å². The average Bonchev–Trinajstić information content (AvgIpc) is 2.85. The number of aliphatic hydroxyl groups excluding tert-OH is 1. The summed E-state index contributed by atoms with van der Waals surface area (Å²) in [6.07, 6.45) is 7.62. The van der Waals surface area contributed by atoms with E-state index in [1.54, 1.807) is 6.08 Å². The van der Waals surface area contributed by atoms with Crippen molar-refractivity contribution in [2.75, 3.05) is 6.54 Å². The van der Waals surface area contributed by atoms with Gasteiger partial charge in [0.2, 0.25) is 5.91 Å². The Bertz CT molecular complexity index is 1080. The van der Waals surface area contributed by atoms with Gasteiger partial charge in [-0.2, -0.15) is 0 Å². The lowest BCUT2D eigenvalue weighted by Crippen LogP contribution is -2.53. The topological polar surface area (TPSA) is 61.4 Å². The lowest BCUT2D eigenvalue weighted by molar-refractivity contribution is -0.118. The summed E-state index contributed by atoms with van der Waals surface area (Å²) in [5.41, 5.74) is 2.59. The van der Waals surface area contributed by atoms with E-state index in [4.69, 9.17) is 0 Å². The standard InChI is InChI=1S/C32H44F2N2O2/c1-22(2)12-13-30(38)36-28(18-23-16-26(33)20-27(34)17-23)29(37)21-35-32(14-7-6-8-15-32)25-11-9-10-24(19-25)31(3,4)5/h9-13,16-17,19-20,22,28-29,35,37H,6-8,14-15,18,21H2,1-5H3,(H,36,38)/b13-12+. The highest BCUT2D eigenvalue weighted by Gasteiger charge is 2.35. The minimum Gasteiger partial charge on any atom is -0.390 e. The molecule has 2 aromatic rings. The highest BCUT2D eigenvalue weighted by molar-refractivity contribution is 5.87. The van der Waals surface area contributed by atoms with Crippen LogP contribution in [0, 0.1) is 17.6 Å². The third-order valence-corrected chi connectivity index (χ3v) is 7.44. The Morgan fingerprint density at radius 1 is 1.05 bits per heavy atom. The Morgan fingerprint density at radius 3 is 2.32 bits per heavy atom. The van der Waals surface area contributed by atoms with E-state index in [9.17, 15) is 18.7 Å². The van der Waals surface area contributed by atoms with Crippen LogP contribution < -0.4 is 10.6 Å². The van der Waals surface area contributed by atoms with Crippen LogP contribution in [0.4, 0.5) is 8.78 Å². The molecule has 6 heteroatoms. The first-order valence-corrected chi connectivity index (χ1v) is 13.9. The highest BCUT2D eigenvalue weighted by Crippen LogP contribution is 2.38. The second kappa shape index (κ2) is 13.0. The third-order valence-electron chi connectivity index (χ3n) is 7.44. The summed E-state index contributed by atoms with van der Waals surface area (Å²) in [6, 6.07) is 11.3. The molecular weight excluding hydrogens is 482 g/mol. The molecule has 0 aliphatic heterocycles. The number of carbonyl (C=O) groups excluding carboxylic acids is 1. The number of hydrogen-bond donors (Lipinski definition) is 3. The van der Waals surface area contributed by atoms with E-state index in [2.05, 4.69) is 55.7 Å². The molecule has 1 amide bonds. The Kier molecular flexibility index (Phi) is 10.2. The number of rotatable bonds is 10. The van der Waals surface area contributed by atoms with Crippen molar-refractivity contribution in [2.45, 2.75) is 96.2 Å². The van der Waals surface area contributed by atoms with E-state index in [1.807, 2.05) is 13.8 Å². The minimum absolute atomic E-state index is 0.0183. The second-order valence-electron chi connectivity index (χ2n) is 12.1. The number of aliphatic hydroxyl groups is 1.